The van der Waals surface area contributed by atoms with Gasteiger partial charge in [-0.2, -0.15) is 0 Å². The van der Waals surface area contributed by atoms with E-state index in [1.54, 1.807) is 0 Å². The van der Waals surface area contributed by atoms with Crippen LogP contribution in [0.25, 0.3) is 0 Å². The first kappa shape index (κ1) is 39.0. The summed E-state index contributed by atoms with van der Waals surface area (Å²) in [5.41, 5.74) is 0. The average molecular weight is 564 g/mol. The minimum Gasteiger partial charge on any atom is -0.395 e. The number of aliphatic hydroxyl groups excluding tert-OH is 1. The van der Waals surface area contributed by atoms with Crippen molar-refractivity contribution >= 4 is 11.6 Å². The summed E-state index contributed by atoms with van der Waals surface area (Å²) < 4.78 is 0. The van der Waals surface area contributed by atoms with Crippen LogP contribution < -0.4 is 5.32 Å². The van der Waals surface area contributed by atoms with E-state index in [2.05, 4.69) is 31.3 Å². The number of allylic oxidation sites excluding steroid dienone is 2. The molecule has 1 atom stereocenters. The van der Waals surface area contributed by atoms with Crippen LogP contribution in [-0.4, -0.2) is 35.9 Å². The Morgan fingerprint density at radius 3 is 1.43 bits per heavy atom. The van der Waals surface area contributed by atoms with E-state index in [0.29, 0.717) is 19.4 Å². The fourth-order valence-electron chi connectivity index (χ4n) is 5.43. The molecule has 0 aromatic heterocycles. The summed E-state index contributed by atoms with van der Waals surface area (Å²) in [6.45, 7) is 4.88. The quantitative estimate of drug-likeness (QED) is 0.0473. The lowest BCUT2D eigenvalue weighted by Gasteiger charge is -2.16. The number of ketones is 2. The molecule has 0 fully saturated rings. The van der Waals surface area contributed by atoms with E-state index < -0.39 is 6.04 Å². The van der Waals surface area contributed by atoms with Gasteiger partial charge in [-0.25, -0.2) is 0 Å². The molecule has 0 aliphatic carbocycles. The summed E-state index contributed by atoms with van der Waals surface area (Å²) >= 11 is 0. The van der Waals surface area contributed by atoms with Crippen molar-refractivity contribution in [2.24, 2.45) is 0 Å². The van der Waals surface area contributed by atoms with Crippen molar-refractivity contribution in [2.75, 3.05) is 13.2 Å². The van der Waals surface area contributed by atoms with Crippen LogP contribution in [0.4, 0.5) is 0 Å². The van der Waals surface area contributed by atoms with Gasteiger partial charge in [0.25, 0.3) is 0 Å². The molecule has 4 heteroatoms. The summed E-state index contributed by atoms with van der Waals surface area (Å²) in [6, 6.07) is -0.432. The Hall–Kier alpha value is -1.00. The maximum atomic E-state index is 12.8. The molecule has 1 unspecified atom stereocenters. The molecule has 0 amide bonds. The van der Waals surface area contributed by atoms with Crippen molar-refractivity contribution in [2.45, 2.75) is 193 Å². The molecular weight excluding hydrogens is 494 g/mol. The topological polar surface area (TPSA) is 66.4 Å². The van der Waals surface area contributed by atoms with Gasteiger partial charge in [0.15, 0.2) is 5.78 Å². The maximum Gasteiger partial charge on any atom is 0.215 e. The number of hydrogen-bond donors (Lipinski definition) is 2. The van der Waals surface area contributed by atoms with Crippen LogP contribution in [0.1, 0.15) is 187 Å². The third kappa shape index (κ3) is 27.2. The SMILES string of the molecule is CCCCCCCC/C=C\CCCCCCC(NCCO)C(=O)C(=O)CCCCCCCCCCCCCCC. The van der Waals surface area contributed by atoms with Crippen LogP contribution in [0.2, 0.25) is 0 Å². The largest absolute Gasteiger partial charge is 0.395 e. The van der Waals surface area contributed by atoms with E-state index in [1.807, 2.05) is 0 Å². The van der Waals surface area contributed by atoms with Gasteiger partial charge in [0.1, 0.15) is 0 Å². The van der Waals surface area contributed by atoms with Crippen molar-refractivity contribution in [1.82, 2.24) is 5.32 Å². The van der Waals surface area contributed by atoms with Crippen molar-refractivity contribution in [3.8, 4) is 0 Å². The third-order valence-electron chi connectivity index (χ3n) is 8.11. The molecular formula is C36H69NO3. The zero-order chi connectivity index (χ0) is 29.4. The zero-order valence-corrected chi connectivity index (χ0v) is 27.0. The van der Waals surface area contributed by atoms with Crippen molar-refractivity contribution < 1.29 is 14.7 Å². The molecule has 0 aliphatic heterocycles. The Balaban J connectivity index is 3.83. The summed E-state index contributed by atoms with van der Waals surface area (Å²) in [6.07, 6.45) is 37.1. The lowest BCUT2D eigenvalue weighted by Crippen LogP contribution is -2.42. The molecule has 40 heavy (non-hydrogen) atoms. The molecule has 0 aromatic carbocycles. The molecule has 0 aromatic rings. The first-order chi connectivity index (χ1) is 19.7. The Morgan fingerprint density at radius 2 is 0.975 bits per heavy atom. The van der Waals surface area contributed by atoms with E-state index in [4.69, 9.17) is 0 Å². The van der Waals surface area contributed by atoms with Gasteiger partial charge in [0, 0.05) is 13.0 Å². The Morgan fingerprint density at radius 1 is 0.575 bits per heavy atom. The van der Waals surface area contributed by atoms with Gasteiger partial charge in [0.2, 0.25) is 5.78 Å². The first-order valence-electron chi connectivity index (χ1n) is 17.7. The second-order valence-electron chi connectivity index (χ2n) is 12.0. The van der Waals surface area contributed by atoms with Gasteiger partial charge < -0.3 is 10.4 Å². The summed E-state index contributed by atoms with van der Waals surface area (Å²) in [5, 5.41) is 12.3. The molecule has 0 spiro atoms. The predicted molar refractivity (Wildman–Crippen MR) is 174 cm³/mol. The normalized spacial score (nSPS) is 12.4. The smallest absolute Gasteiger partial charge is 0.215 e. The molecule has 0 aliphatic rings. The summed E-state index contributed by atoms with van der Waals surface area (Å²) in [4.78, 5) is 25.3. The molecule has 4 nitrogen and oxygen atoms in total. The monoisotopic (exact) mass is 564 g/mol. The van der Waals surface area contributed by atoms with E-state index in [9.17, 15) is 14.7 Å². The molecule has 0 saturated heterocycles. The number of aliphatic hydroxyl groups is 1. The van der Waals surface area contributed by atoms with Crippen molar-refractivity contribution in [3.63, 3.8) is 0 Å². The number of carbonyl (C=O) groups excluding carboxylic acids is 2. The average Bonchev–Trinajstić information content (AvgIpc) is 2.96. The molecule has 0 rings (SSSR count). The molecule has 0 saturated carbocycles. The van der Waals surface area contributed by atoms with Gasteiger partial charge in [0.05, 0.1) is 12.6 Å². The number of hydrogen-bond acceptors (Lipinski definition) is 4. The van der Waals surface area contributed by atoms with Crippen molar-refractivity contribution in [3.05, 3.63) is 12.2 Å². The zero-order valence-electron chi connectivity index (χ0n) is 27.0. The minimum absolute atomic E-state index is 0.0120. The third-order valence-corrected chi connectivity index (χ3v) is 8.11. The Labute approximate surface area is 249 Å². The van der Waals surface area contributed by atoms with Crippen LogP contribution in [-0.2, 0) is 9.59 Å². The van der Waals surface area contributed by atoms with Gasteiger partial charge in [-0.15, -0.1) is 0 Å². The number of carbonyl (C=O) groups is 2. The van der Waals surface area contributed by atoms with Gasteiger partial charge >= 0.3 is 0 Å². The number of unbranched alkanes of at least 4 members (excludes halogenated alkanes) is 22. The molecule has 0 bridgehead atoms. The minimum atomic E-state index is -0.432. The van der Waals surface area contributed by atoms with Crippen LogP contribution in [0.15, 0.2) is 12.2 Å². The standard InChI is InChI=1S/C36H69NO3/c1-3-5-7-9-11-13-15-17-19-20-22-24-26-28-30-34(37-32-33-38)36(40)35(39)31-29-27-25-23-21-18-16-14-12-10-8-6-4-2/h17,19,34,37-38H,3-16,18,20-33H2,1-2H3/b19-17-. The van der Waals surface area contributed by atoms with E-state index in [0.717, 1.165) is 38.5 Å². The van der Waals surface area contributed by atoms with Crippen LogP contribution >= 0.6 is 0 Å². The van der Waals surface area contributed by atoms with Crippen LogP contribution in [0.5, 0.6) is 0 Å². The summed E-state index contributed by atoms with van der Waals surface area (Å²) in [7, 11) is 0. The maximum absolute atomic E-state index is 12.8. The van der Waals surface area contributed by atoms with E-state index >= 15 is 0 Å². The van der Waals surface area contributed by atoms with Gasteiger partial charge in [-0.1, -0.05) is 154 Å². The first-order valence-corrected chi connectivity index (χ1v) is 17.7. The lowest BCUT2D eigenvalue weighted by atomic mass is 9.97. The molecule has 2 N–H and O–H groups in total. The number of rotatable bonds is 33. The highest BCUT2D eigenvalue weighted by Gasteiger charge is 2.23. The molecule has 0 radical (unpaired) electrons. The van der Waals surface area contributed by atoms with Crippen molar-refractivity contribution in [1.29, 1.82) is 0 Å². The highest BCUT2D eigenvalue weighted by molar-refractivity contribution is 6.39. The fourth-order valence-corrected chi connectivity index (χ4v) is 5.43. The Bertz CT molecular complexity index is 574. The second-order valence-corrected chi connectivity index (χ2v) is 12.0. The summed E-state index contributed by atoms with van der Waals surface area (Å²) in [5.74, 6) is -0.501. The fraction of sp³-hybridized carbons (Fsp3) is 0.889. The Kier molecular flexibility index (Phi) is 31.7. The second kappa shape index (κ2) is 32.5. The van der Waals surface area contributed by atoms with E-state index in [1.165, 1.54) is 122 Å². The van der Waals surface area contributed by atoms with Crippen LogP contribution in [0, 0.1) is 0 Å². The van der Waals surface area contributed by atoms with E-state index in [-0.39, 0.29) is 18.2 Å². The molecule has 236 valence electrons. The van der Waals surface area contributed by atoms with Gasteiger partial charge in [-0.3, -0.25) is 9.59 Å². The lowest BCUT2D eigenvalue weighted by molar-refractivity contribution is -0.138. The van der Waals surface area contributed by atoms with Gasteiger partial charge in [-0.05, 0) is 38.5 Å². The highest BCUT2D eigenvalue weighted by atomic mass is 16.3. The number of Topliss-reactive ketones (excluding diaryl/α,β-unsaturated/α-hetero) is 2. The van der Waals surface area contributed by atoms with Crippen LogP contribution in [0.3, 0.4) is 0 Å². The predicted octanol–water partition coefficient (Wildman–Crippen LogP) is 10.2. The highest BCUT2D eigenvalue weighted by Crippen LogP contribution is 2.14. The number of nitrogens with one attached hydrogen (secondary N) is 1. The molecule has 0 heterocycles.